The Bertz CT molecular complexity index is 1240. The van der Waals surface area contributed by atoms with Gasteiger partial charge in [0.15, 0.2) is 6.29 Å². The normalized spacial score (nSPS) is 19.7. The molecule has 9 nitrogen and oxygen atoms in total. The fourth-order valence-electron chi connectivity index (χ4n) is 9.38. The molecule has 1 aliphatic rings. The summed E-state index contributed by atoms with van der Waals surface area (Å²) in [6.07, 6.45) is 60.5. The summed E-state index contributed by atoms with van der Waals surface area (Å²) in [5, 5.41) is 54.5. The largest absolute Gasteiger partial charge is 0.394 e. The zero-order valence-electron chi connectivity index (χ0n) is 45.5. The quantitative estimate of drug-likeness (QED) is 0.0261. The molecule has 1 rings (SSSR count). The van der Waals surface area contributed by atoms with Crippen LogP contribution in [0.25, 0.3) is 0 Å². The molecule has 7 atom stereocenters. The van der Waals surface area contributed by atoms with Crippen molar-refractivity contribution in [3.8, 4) is 0 Å². The van der Waals surface area contributed by atoms with Crippen LogP contribution in [0.15, 0.2) is 48.6 Å². The summed E-state index contributed by atoms with van der Waals surface area (Å²) < 4.78 is 11.3. The second-order valence-corrected chi connectivity index (χ2v) is 20.8. The summed E-state index contributed by atoms with van der Waals surface area (Å²) in [6.45, 7) is 3.76. The van der Waals surface area contributed by atoms with Crippen LogP contribution in [0, 0.1) is 0 Å². The molecule has 6 N–H and O–H groups in total. The van der Waals surface area contributed by atoms with E-state index in [1.807, 2.05) is 6.08 Å². The second kappa shape index (κ2) is 50.7. The van der Waals surface area contributed by atoms with E-state index in [2.05, 4.69) is 55.6 Å². The number of aliphatic hydroxyl groups is 5. The highest BCUT2D eigenvalue weighted by molar-refractivity contribution is 5.76. The minimum atomic E-state index is -1.57. The van der Waals surface area contributed by atoms with Crippen LogP contribution < -0.4 is 5.32 Å². The molecule has 1 saturated heterocycles. The van der Waals surface area contributed by atoms with E-state index in [4.69, 9.17) is 9.47 Å². The van der Waals surface area contributed by atoms with Crippen LogP contribution in [0.3, 0.4) is 0 Å². The molecule has 0 saturated carbocycles. The number of carbonyl (C=O) groups is 1. The van der Waals surface area contributed by atoms with E-state index in [1.54, 1.807) is 6.08 Å². The smallest absolute Gasteiger partial charge is 0.220 e. The minimum Gasteiger partial charge on any atom is -0.394 e. The van der Waals surface area contributed by atoms with Gasteiger partial charge < -0.3 is 40.3 Å². The lowest BCUT2D eigenvalue weighted by molar-refractivity contribution is -0.302. The lowest BCUT2D eigenvalue weighted by Crippen LogP contribution is -2.60. The second-order valence-electron chi connectivity index (χ2n) is 20.8. The lowest BCUT2D eigenvalue weighted by atomic mass is 9.99. The van der Waals surface area contributed by atoms with Crippen LogP contribution >= 0.6 is 0 Å². The molecule has 7 unspecified atom stereocenters. The van der Waals surface area contributed by atoms with Crippen LogP contribution in [-0.2, 0) is 14.3 Å². The molecular weight excluding hydrogens is 875 g/mol. The summed E-state index contributed by atoms with van der Waals surface area (Å²) in [6, 6.07) is -0.828. The third-order valence-corrected chi connectivity index (χ3v) is 14.1. The fourth-order valence-corrected chi connectivity index (χ4v) is 9.38. The maximum absolute atomic E-state index is 13.0. The van der Waals surface area contributed by atoms with Gasteiger partial charge in [0.05, 0.1) is 25.4 Å². The van der Waals surface area contributed by atoms with E-state index in [0.29, 0.717) is 6.42 Å². The molecule has 1 aliphatic heterocycles. The summed E-state index contributed by atoms with van der Waals surface area (Å²) in [5.41, 5.74) is 0. The summed E-state index contributed by atoms with van der Waals surface area (Å²) >= 11 is 0. The molecule has 0 spiro atoms. The number of nitrogens with one attached hydrogen (secondary N) is 1. The highest BCUT2D eigenvalue weighted by atomic mass is 16.7. The van der Waals surface area contributed by atoms with Gasteiger partial charge in [-0.15, -0.1) is 0 Å². The van der Waals surface area contributed by atoms with Crippen molar-refractivity contribution in [3.05, 3.63) is 48.6 Å². The Morgan fingerprint density at radius 3 is 1.31 bits per heavy atom. The predicted molar refractivity (Wildman–Crippen MR) is 295 cm³/mol. The van der Waals surface area contributed by atoms with Crippen molar-refractivity contribution >= 4 is 5.91 Å². The molecular formula is C61H113NO8. The van der Waals surface area contributed by atoms with Crippen LogP contribution in [0.4, 0.5) is 0 Å². The van der Waals surface area contributed by atoms with Gasteiger partial charge in [0.2, 0.25) is 5.91 Å². The summed E-state index contributed by atoms with van der Waals surface area (Å²) in [4.78, 5) is 13.0. The van der Waals surface area contributed by atoms with E-state index in [-0.39, 0.29) is 12.5 Å². The Kier molecular flexibility index (Phi) is 47.9. The van der Waals surface area contributed by atoms with Gasteiger partial charge in [0.1, 0.15) is 24.4 Å². The molecule has 1 amide bonds. The highest BCUT2D eigenvalue weighted by Gasteiger charge is 2.44. The maximum Gasteiger partial charge on any atom is 0.220 e. The fraction of sp³-hybridized carbons (Fsp3) is 0.852. The minimum absolute atomic E-state index is 0.193. The molecule has 1 heterocycles. The van der Waals surface area contributed by atoms with Crippen molar-refractivity contribution in [1.82, 2.24) is 5.32 Å². The average Bonchev–Trinajstić information content (AvgIpc) is 3.36. The SMILES string of the molecule is CCCCC/C=C\C/C=C\CCCCCCCCCC(=O)NC(COC1OC(CO)C(O)C(O)C1O)C(O)/C=C/CC/C=C/CCCCCCCCCCCCCCCCCCCCCCCCCC. The van der Waals surface area contributed by atoms with E-state index >= 15 is 0 Å². The molecule has 0 bridgehead atoms. The first kappa shape index (κ1) is 66.2. The molecule has 0 aromatic rings. The summed E-state index contributed by atoms with van der Waals surface area (Å²) in [5.74, 6) is -0.193. The van der Waals surface area contributed by atoms with E-state index in [0.717, 1.165) is 57.8 Å². The molecule has 410 valence electrons. The Labute approximate surface area is 431 Å². The van der Waals surface area contributed by atoms with Crippen molar-refractivity contribution in [3.63, 3.8) is 0 Å². The first-order chi connectivity index (χ1) is 34.3. The van der Waals surface area contributed by atoms with Gasteiger partial charge in [-0.25, -0.2) is 0 Å². The molecule has 0 aliphatic carbocycles. The number of carbonyl (C=O) groups excluding carboxylic acids is 1. The van der Waals surface area contributed by atoms with E-state index in [1.165, 1.54) is 199 Å². The number of amides is 1. The van der Waals surface area contributed by atoms with Gasteiger partial charge in [-0.1, -0.05) is 255 Å². The third kappa shape index (κ3) is 39.7. The number of aliphatic hydroxyl groups excluding tert-OH is 5. The van der Waals surface area contributed by atoms with Crippen molar-refractivity contribution in [2.24, 2.45) is 0 Å². The van der Waals surface area contributed by atoms with Crippen molar-refractivity contribution in [2.45, 2.75) is 320 Å². The third-order valence-electron chi connectivity index (χ3n) is 14.1. The summed E-state index contributed by atoms with van der Waals surface area (Å²) in [7, 11) is 0. The van der Waals surface area contributed by atoms with Gasteiger partial charge in [-0.05, 0) is 64.2 Å². The zero-order valence-corrected chi connectivity index (χ0v) is 45.5. The topological polar surface area (TPSA) is 149 Å². The highest BCUT2D eigenvalue weighted by Crippen LogP contribution is 2.23. The number of hydrogen-bond acceptors (Lipinski definition) is 8. The van der Waals surface area contributed by atoms with Crippen molar-refractivity contribution in [1.29, 1.82) is 0 Å². The Morgan fingerprint density at radius 2 is 0.857 bits per heavy atom. The van der Waals surface area contributed by atoms with Gasteiger partial charge in [0.25, 0.3) is 0 Å². The first-order valence-corrected chi connectivity index (χ1v) is 29.9. The van der Waals surface area contributed by atoms with Gasteiger partial charge in [0, 0.05) is 6.42 Å². The molecule has 0 radical (unpaired) electrons. The van der Waals surface area contributed by atoms with Crippen LogP contribution in [0.5, 0.6) is 0 Å². The van der Waals surface area contributed by atoms with E-state index in [9.17, 15) is 30.3 Å². The molecule has 0 aromatic carbocycles. The Morgan fingerprint density at radius 1 is 0.486 bits per heavy atom. The maximum atomic E-state index is 13.0. The van der Waals surface area contributed by atoms with Gasteiger partial charge in [-0.2, -0.15) is 0 Å². The molecule has 70 heavy (non-hydrogen) atoms. The Balaban J connectivity index is 2.20. The number of unbranched alkanes of at least 4 members (excludes halogenated alkanes) is 35. The predicted octanol–water partition coefficient (Wildman–Crippen LogP) is 14.9. The molecule has 1 fully saturated rings. The molecule has 9 heteroatoms. The number of allylic oxidation sites excluding steroid dienone is 7. The van der Waals surface area contributed by atoms with Crippen LogP contribution in [-0.4, -0.2) is 87.5 Å². The monoisotopic (exact) mass is 988 g/mol. The number of ether oxygens (including phenoxy) is 2. The van der Waals surface area contributed by atoms with E-state index < -0.39 is 49.5 Å². The van der Waals surface area contributed by atoms with Crippen LogP contribution in [0.2, 0.25) is 0 Å². The van der Waals surface area contributed by atoms with Crippen molar-refractivity contribution in [2.75, 3.05) is 13.2 Å². The first-order valence-electron chi connectivity index (χ1n) is 29.9. The Hall–Kier alpha value is -1.85. The van der Waals surface area contributed by atoms with Gasteiger partial charge >= 0.3 is 0 Å². The molecule has 0 aromatic heterocycles. The zero-order chi connectivity index (χ0) is 50.8. The lowest BCUT2D eigenvalue weighted by Gasteiger charge is -2.40. The van der Waals surface area contributed by atoms with Crippen LogP contribution in [0.1, 0.15) is 277 Å². The standard InChI is InChI=1S/C61H113NO8/c1-3-5-7-9-11-13-15-17-19-21-22-23-24-25-26-27-28-29-30-31-32-33-35-36-38-40-42-44-46-48-50-55(64)54(53-69-61-60(68)59(67)58(66)56(52-63)70-61)62-57(65)51-49-47-45-43-41-39-37-34-20-18-16-14-12-10-8-6-4-2/h12,14,18,20,40,42,48,50,54-56,58-61,63-64,66-68H,3-11,13,15-17,19,21-39,41,43-47,49,51-53H2,1-2H3,(H,62,65)/b14-12-,20-18-,42-40+,50-48+. The van der Waals surface area contributed by atoms with Crippen molar-refractivity contribution < 1.29 is 39.8 Å². The number of rotatable bonds is 51. The van der Waals surface area contributed by atoms with Gasteiger partial charge in [-0.3, -0.25) is 4.79 Å². The number of hydrogen-bond donors (Lipinski definition) is 6. The average molecular weight is 989 g/mol.